The second-order valence-corrected chi connectivity index (χ2v) is 4.85. The lowest BCUT2D eigenvalue weighted by Crippen LogP contribution is -2.27. The molecule has 1 fully saturated rings. The van der Waals surface area contributed by atoms with E-state index in [4.69, 9.17) is 4.74 Å². The van der Waals surface area contributed by atoms with E-state index in [1.54, 1.807) is 7.11 Å². The first-order chi connectivity index (χ1) is 7.22. The molecule has 1 saturated heterocycles. The lowest BCUT2D eigenvalue weighted by molar-refractivity contribution is 0.163. The second kappa shape index (κ2) is 7.09. The molecule has 5 heteroatoms. The Kier molecular flexibility index (Phi) is 6.05. The topological polar surface area (TPSA) is 36.9 Å². The van der Waals surface area contributed by atoms with Crippen molar-refractivity contribution in [3.63, 3.8) is 0 Å². The molecule has 4 nitrogen and oxygen atoms in total. The molecule has 1 aliphatic heterocycles. The number of nitrogens with one attached hydrogen (secondary N) is 1. The van der Waals surface area contributed by atoms with Gasteiger partial charge in [0.2, 0.25) is 0 Å². The molecule has 0 radical (unpaired) electrons. The molecule has 1 unspecified atom stereocenters. The molecule has 0 spiro atoms. The number of amidine groups is 1. The standard InChI is InChI=1S/C10H21N3OS/c1-9-8-15-10(12-9)11-4-5-13(2)6-7-14-3/h9H,4-8H2,1-3H3,(H,11,12). The van der Waals surface area contributed by atoms with Gasteiger partial charge in [0, 0.05) is 32.0 Å². The minimum atomic E-state index is 0.569. The van der Waals surface area contributed by atoms with Gasteiger partial charge in [-0.2, -0.15) is 0 Å². The second-order valence-electron chi connectivity index (χ2n) is 3.84. The molecule has 1 rings (SSSR count). The number of aliphatic imine (C=N–C) groups is 1. The molecule has 88 valence electrons. The van der Waals surface area contributed by atoms with Crippen LogP contribution in [-0.4, -0.2) is 62.3 Å². The molecule has 0 bridgehead atoms. The Labute approximate surface area is 96.5 Å². The van der Waals surface area contributed by atoms with Crippen molar-refractivity contribution in [2.24, 2.45) is 4.99 Å². The van der Waals surface area contributed by atoms with Crippen LogP contribution in [0.1, 0.15) is 6.92 Å². The van der Waals surface area contributed by atoms with Crippen LogP contribution in [0.25, 0.3) is 0 Å². The number of methoxy groups -OCH3 is 1. The minimum Gasteiger partial charge on any atom is -0.383 e. The van der Waals surface area contributed by atoms with E-state index in [0.717, 1.165) is 37.2 Å². The quantitative estimate of drug-likeness (QED) is 0.728. The Balaban J connectivity index is 2.09. The van der Waals surface area contributed by atoms with E-state index < -0.39 is 0 Å². The Morgan fingerprint density at radius 2 is 2.40 bits per heavy atom. The van der Waals surface area contributed by atoms with Gasteiger partial charge in [0.25, 0.3) is 0 Å². The summed E-state index contributed by atoms with van der Waals surface area (Å²) in [6.07, 6.45) is 0. The molecule has 0 saturated carbocycles. The maximum Gasteiger partial charge on any atom is 0.156 e. The first-order valence-electron chi connectivity index (χ1n) is 5.33. The zero-order valence-corrected chi connectivity index (χ0v) is 10.6. The maximum atomic E-state index is 5.01. The number of rotatable bonds is 6. The molecule has 1 N–H and O–H groups in total. The van der Waals surface area contributed by atoms with Crippen LogP contribution < -0.4 is 5.32 Å². The van der Waals surface area contributed by atoms with Crippen LogP contribution in [0.4, 0.5) is 0 Å². The monoisotopic (exact) mass is 231 g/mol. The third kappa shape index (κ3) is 5.39. The van der Waals surface area contributed by atoms with Gasteiger partial charge in [0.15, 0.2) is 5.17 Å². The van der Waals surface area contributed by atoms with Gasteiger partial charge in [-0.1, -0.05) is 11.8 Å². The molecule has 0 aliphatic carbocycles. The number of ether oxygens (including phenoxy) is 1. The molecule has 1 heterocycles. The van der Waals surface area contributed by atoms with Gasteiger partial charge in [0.05, 0.1) is 13.2 Å². The SMILES string of the molecule is COCCN(C)CCN=C1NC(C)CS1. The van der Waals surface area contributed by atoms with Crippen LogP contribution in [0.5, 0.6) is 0 Å². The summed E-state index contributed by atoms with van der Waals surface area (Å²) in [4.78, 5) is 6.74. The Morgan fingerprint density at radius 1 is 1.60 bits per heavy atom. The lowest BCUT2D eigenvalue weighted by atomic mass is 10.4. The molecule has 0 aromatic carbocycles. The van der Waals surface area contributed by atoms with E-state index >= 15 is 0 Å². The molecular weight excluding hydrogens is 210 g/mol. The minimum absolute atomic E-state index is 0.569. The van der Waals surface area contributed by atoms with E-state index in [2.05, 4.69) is 29.2 Å². The van der Waals surface area contributed by atoms with Gasteiger partial charge in [-0.15, -0.1) is 0 Å². The molecule has 1 aliphatic rings. The van der Waals surface area contributed by atoms with Crippen LogP contribution >= 0.6 is 11.8 Å². The first-order valence-corrected chi connectivity index (χ1v) is 6.32. The Hall–Kier alpha value is -0.260. The summed E-state index contributed by atoms with van der Waals surface area (Å²) < 4.78 is 5.01. The summed E-state index contributed by atoms with van der Waals surface area (Å²) >= 11 is 1.82. The van der Waals surface area contributed by atoms with E-state index in [-0.39, 0.29) is 0 Å². The fourth-order valence-electron chi connectivity index (χ4n) is 1.27. The highest BCUT2D eigenvalue weighted by molar-refractivity contribution is 8.14. The molecule has 0 aromatic heterocycles. The van der Waals surface area contributed by atoms with E-state index in [0.29, 0.717) is 6.04 Å². The summed E-state index contributed by atoms with van der Waals surface area (Å²) in [6, 6.07) is 0.569. The van der Waals surface area contributed by atoms with Gasteiger partial charge < -0.3 is 15.0 Å². The fourth-order valence-corrected chi connectivity index (χ4v) is 2.23. The number of nitrogens with zero attached hydrogens (tertiary/aromatic N) is 2. The smallest absolute Gasteiger partial charge is 0.156 e. The Morgan fingerprint density at radius 3 is 3.00 bits per heavy atom. The largest absolute Gasteiger partial charge is 0.383 e. The van der Waals surface area contributed by atoms with Crippen LogP contribution in [0, 0.1) is 0 Å². The van der Waals surface area contributed by atoms with Crippen molar-refractivity contribution in [3.05, 3.63) is 0 Å². The Bertz CT molecular complexity index is 211. The highest BCUT2D eigenvalue weighted by atomic mass is 32.2. The molecule has 0 amide bonds. The van der Waals surface area contributed by atoms with Crippen molar-refractivity contribution < 1.29 is 4.74 Å². The van der Waals surface area contributed by atoms with Crippen molar-refractivity contribution in [2.45, 2.75) is 13.0 Å². The van der Waals surface area contributed by atoms with E-state index in [1.807, 2.05) is 11.8 Å². The molecular formula is C10H21N3OS. The number of thioether (sulfide) groups is 1. The van der Waals surface area contributed by atoms with Crippen molar-refractivity contribution in [3.8, 4) is 0 Å². The summed E-state index contributed by atoms with van der Waals surface area (Å²) in [6.45, 7) is 5.79. The van der Waals surface area contributed by atoms with E-state index in [9.17, 15) is 0 Å². The van der Waals surface area contributed by atoms with Gasteiger partial charge in [-0.3, -0.25) is 4.99 Å². The normalized spacial score (nSPS) is 23.7. The summed E-state index contributed by atoms with van der Waals surface area (Å²) in [7, 11) is 3.82. The molecule has 1 atom stereocenters. The average molecular weight is 231 g/mol. The summed E-state index contributed by atoms with van der Waals surface area (Å²) in [5.41, 5.74) is 0. The zero-order chi connectivity index (χ0) is 11.1. The molecule has 15 heavy (non-hydrogen) atoms. The van der Waals surface area contributed by atoms with Gasteiger partial charge >= 0.3 is 0 Å². The predicted octanol–water partition coefficient (Wildman–Crippen LogP) is 0.646. The number of hydrogen-bond acceptors (Lipinski definition) is 4. The number of likely N-dealkylation sites (N-methyl/N-ethyl adjacent to an activating group) is 1. The van der Waals surface area contributed by atoms with Crippen molar-refractivity contribution in [2.75, 3.05) is 46.2 Å². The number of hydrogen-bond donors (Lipinski definition) is 1. The van der Waals surface area contributed by atoms with Crippen LogP contribution in [0.2, 0.25) is 0 Å². The van der Waals surface area contributed by atoms with Gasteiger partial charge in [-0.05, 0) is 14.0 Å². The van der Waals surface area contributed by atoms with Crippen molar-refractivity contribution >= 4 is 16.9 Å². The third-order valence-electron chi connectivity index (χ3n) is 2.25. The summed E-state index contributed by atoms with van der Waals surface area (Å²) in [5.74, 6) is 1.14. The zero-order valence-electron chi connectivity index (χ0n) is 9.82. The highest BCUT2D eigenvalue weighted by Gasteiger charge is 2.14. The molecule has 0 aromatic rings. The highest BCUT2D eigenvalue weighted by Crippen LogP contribution is 2.12. The van der Waals surface area contributed by atoms with Crippen LogP contribution in [0.15, 0.2) is 4.99 Å². The van der Waals surface area contributed by atoms with Gasteiger partial charge in [0.1, 0.15) is 0 Å². The first kappa shape index (κ1) is 12.8. The summed E-state index contributed by atoms with van der Waals surface area (Å²) in [5, 5.41) is 4.44. The predicted molar refractivity (Wildman–Crippen MR) is 66.7 cm³/mol. The van der Waals surface area contributed by atoms with Crippen molar-refractivity contribution in [1.82, 2.24) is 10.2 Å². The maximum absolute atomic E-state index is 5.01. The fraction of sp³-hybridized carbons (Fsp3) is 0.900. The van der Waals surface area contributed by atoms with Crippen molar-refractivity contribution in [1.29, 1.82) is 0 Å². The van der Waals surface area contributed by atoms with Crippen LogP contribution in [0.3, 0.4) is 0 Å². The lowest BCUT2D eigenvalue weighted by Gasteiger charge is -2.14. The third-order valence-corrected chi connectivity index (χ3v) is 3.44. The van der Waals surface area contributed by atoms with Crippen LogP contribution in [-0.2, 0) is 4.74 Å². The van der Waals surface area contributed by atoms with Gasteiger partial charge in [-0.25, -0.2) is 0 Å². The average Bonchev–Trinajstić information content (AvgIpc) is 2.61. The van der Waals surface area contributed by atoms with E-state index in [1.165, 1.54) is 0 Å².